The number of anilines is 2. The second kappa shape index (κ2) is 4.44. The Morgan fingerprint density at radius 2 is 2.25 bits per heavy atom. The van der Waals surface area contributed by atoms with Crippen LogP contribution < -0.4 is 11.0 Å². The number of hydrogen-bond acceptors (Lipinski definition) is 3. The molecule has 0 amide bonds. The summed E-state index contributed by atoms with van der Waals surface area (Å²) in [6, 6.07) is 7.15. The van der Waals surface area contributed by atoms with Gasteiger partial charge in [-0.1, -0.05) is 22.0 Å². The van der Waals surface area contributed by atoms with Crippen molar-refractivity contribution in [3.05, 3.63) is 51.2 Å². The number of H-pyrrole nitrogens is 1. The van der Waals surface area contributed by atoms with E-state index < -0.39 is 11.5 Å². The van der Waals surface area contributed by atoms with E-state index in [-0.39, 0.29) is 5.82 Å². The molecule has 0 aliphatic rings. The molecule has 0 saturated carbocycles. The molecule has 0 radical (unpaired) electrons. The summed E-state index contributed by atoms with van der Waals surface area (Å²) in [5, 5.41) is 2.75. The molecule has 1 aromatic carbocycles. The third kappa shape index (κ3) is 2.46. The number of halogens is 2. The number of hydrogen-bond donors (Lipinski definition) is 2. The molecule has 4 nitrogen and oxygen atoms in total. The van der Waals surface area contributed by atoms with Crippen molar-refractivity contribution in [1.29, 1.82) is 0 Å². The van der Waals surface area contributed by atoms with Crippen LogP contribution in [-0.2, 0) is 0 Å². The van der Waals surface area contributed by atoms with E-state index in [0.29, 0.717) is 5.69 Å². The third-order valence-electron chi connectivity index (χ3n) is 1.86. The van der Waals surface area contributed by atoms with Gasteiger partial charge in [0.1, 0.15) is 5.82 Å². The average Bonchev–Trinajstić information content (AvgIpc) is 2.24. The van der Waals surface area contributed by atoms with Crippen molar-refractivity contribution in [2.45, 2.75) is 0 Å². The van der Waals surface area contributed by atoms with E-state index in [2.05, 4.69) is 31.2 Å². The van der Waals surface area contributed by atoms with Crippen LogP contribution in [0.4, 0.5) is 15.9 Å². The smallest absolute Gasteiger partial charge is 0.339 e. The monoisotopic (exact) mass is 283 g/mol. The fraction of sp³-hybridized carbons (Fsp3) is 0. The van der Waals surface area contributed by atoms with Gasteiger partial charge in [0.15, 0.2) is 5.82 Å². The first-order chi connectivity index (χ1) is 7.65. The Hall–Kier alpha value is -1.69. The average molecular weight is 284 g/mol. The van der Waals surface area contributed by atoms with Gasteiger partial charge in [-0.05, 0) is 18.2 Å². The molecule has 6 heteroatoms. The van der Waals surface area contributed by atoms with E-state index >= 15 is 0 Å². The lowest BCUT2D eigenvalue weighted by Gasteiger charge is -2.06. The molecule has 0 spiro atoms. The van der Waals surface area contributed by atoms with E-state index in [1.807, 2.05) is 6.07 Å². The third-order valence-corrected chi connectivity index (χ3v) is 2.35. The summed E-state index contributed by atoms with van der Waals surface area (Å²) >= 11 is 3.29. The van der Waals surface area contributed by atoms with Gasteiger partial charge in [-0.2, -0.15) is 4.98 Å². The maximum atomic E-state index is 13.2. The number of rotatable bonds is 2. The van der Waals surface area contributed by atoms with Gasteiger partial charge in [0.05, 0.1) is 6.20 Å². The van der Waals surface area contributed by atoms with E-state index in [4.69, 9.17) is 0 Å². The van der Waals surface area contributed by atoms with Crippen molar-refractivity contribution in [1.82, 2.24) is 9.97 Å². The van der Waals surface area contributed by atoms with Crippen LogP contribution in [0.2, 0.25) is 0 Å². The molecule has 1 heterocycles. The number of aromatic nitrogens is 2. The number of benzene rings is 1. The van der Waals surface area contributed by atoms with Crippen molar-refractivity contribution < 1.29 is 4.39 Å². The Morgan fingerprint density at radius 1 is 1.44 bits per heavy atom. The standard InChI is InChI=1S/C10H7BrFN3O/c11-6-2-1-3-7(4-6)14-9-8(12)5-13-10(16)15-9/h1-5H,(H2,13,14,15,16). The molecule has 1 aromatic heterocycles. The zero-order chi connectivity index (χ0) is 11.5. The SMILES string of the molecule is O=c1ncc(F)c(Nc2cccc(Br)c2)[nH]1. The van der Waals surface area contributed by atoms with Crippen LogP contribution >= 0.6 is 15.9 Å². The highest BCUT2D eigenvalue weighted by atomic mass is 79.9. The number of nitrogens with one attached hydrogen (secondary N) is 2. The highest BCUT2D eigenvalue weighted by Gasteiger charge is 2.03. The lowest BCUT2D eigenvalue weighted by molar-refractivity contribution is 0.616. The normalized spacial score (nSPS) is 10.1. The summed E-state index contributed by atoms with van der Waals surface area (Å²) in [7, 11) is 0. The van der Waals surface area contributed by atoms with E-state index in [1.54, 1.807) is 18.2 Å². The molecular formula is C10H7BrFN3O. The van der Waals surface area contributed by atoms with Crippen LogP contribution in [0.25, 0.3) is 0 Å². The predicted octanol–water partition coefficient (Wildman–Crippen LogP) is 2.42. The molecule has 2 N–H and O–H groups in total. The number of nitrogens with zero attached hydrogens (tertiary/aromatic N) is 1. The van der Waals surface area contributed by atoms with Crippen molar-refractivity contribution in [2.75, 3.05) is 5.32 Å². The van der Waals surface area contributed by atoms with Gasteiger partial charge < -0.3 is 5.32 Å². The maximum absolute atomic E-state index is 13.2. The second-order valence-electron chi connectivity index (χ2n) is 3.05. The summed E-state index contributed by atoms with van der Waals surface area (Å²) in [6.45, 7) is 0. The van der Waals surface area contributed by atoms with E-state index in [9.17, 15) is 9.18 Å². The van der Waals surface area contributed by atoms with Crippen molar-refractivity contribution >= 4 is 27.4 Å². The topological polar surface area (TPSA) is 57.8 Å². The first-order valence-corrected chi connectivity index (χ1v) is 5.22. The number of aromatic amines is 1. The summed E-state index contributed by atoms with van der Waals surface area (Å²) < 4.78 is 14.1. The minimum atomic E-state index is -0.612. The fourth-order valence-corrected chi connectivity index (χ4v) is 1.58. The van der Waals surface area contributed by atoms with Crippen LogP contribution in [0, 0.1) is 5.82 Å². The molecular weight excluding hydrogens is 277 g/mol. The van der Waals surface area contributed by atoms with E-state index in [1.165, 1.54) is 0 Å². The van der Waals surface area contributed by atoms with Gasteiger partial charge in [0.25, 0.3) is 0 Å². The quantitative estimate of drug-likeness (QED) is 0.890. The Morgan fingerprint density at radius 3 is 3.00 bits per heavy atom. The Labute approximate surface area is 98.7 Å². The molecule has 0 atom stereocenters. The maximum Gasteiger partial charge on any atom is 0.346 e. The van der Waals surface area contributed by atoms with Crippen LogP contribution in [0.1, 0.15) is 0 Å². The molecule has 16 heavy (non-hydrogen) atoms. The van der Waals surface area contributed by atoms with Crippen molar-refractivity contribution in [3.63, 3.8) is 0 Å². The molecule has 0 bridgehead atoms. The largest absolute Gasteiger partial charge is 0.346 e. The Balaban J connectivity index is 2.33. The minimum Gasteiger partial charge on any atom is -0.339 e. The summed E-state index contributed by atoms with van der Waals surface area (Å²) in [5.74, 6) is -0.613. The van der Waals surface area contributed by atoms with Gasteiger partial charge in [0.2, 0.25) is 0 Å². The first-order valence-electron chi connectivity index (χ1n) is 4.42. The predicted molar refractivity (Wildman–Crippen MR) is 62.2 cm³/mol. The van der Waals surface area contributed by atoms with Gasteiger partial charge in [-0.3, -0.25) is 4.98 Å². The molecule has 0 aliphatic carbocycles. The molecule has 0 aliphatic heterocycles. The second-order valence-corrected chi connectivity index (χ2v) is 3.96. The molecule has 0 saturated heterocycles. The molecule has 2 aromatic rings. The molecule has 2 rings (SSSR count). The van der Waals surface area contributed by atoms with Crippen LogP contribution in [-0.4, -0.2) is 9.97 Å². The summed E-state index contributed by atoms with van der Waals surface area (Å²) in [4.78, 5) is 16.5. The van der Waals surface area contributed by atoms with Crippen molar-refractivity contribution in [2.24, 2.45) is 0 Å². The lowest BCUT2D eigenvalue weighted by atomic mass is 10.3. The highest BCUT2D eigenvalue weighted by molar-refractivity contribution is 9.10. The van der Waals surface area contributed by atoms with E-state index in [0.717, 1.165) is 10.7 Å². The molecule has 0 unspecified atom stereocenters. The van der Waals surface area contributed by atoms with Gasteiger partial charge >= 0.3 is 5.69 Å². The summed E-state index contributed by atoms with van der Waals surface area (Å²) in [6.07, 6.45) is 0.874. The summed E-state index contributed by atoms with van der Waals surface area (Å²) in [5.41, 5.74) is 0.0639. The molecule has 82 valence electrons. The zero-order valence-electron chi connectivity index (χ0n) is 8.00. The highest BCUT2D eigenvalue weighted by Crippen LogP contribution is 2.19. The van der Waals surface area contributed by atoms with Gasteiger partial charge in [-0.25, -0.2) is 9.18 Å². The lowest BCUT2D eigenvalue weighted by Crippen LogP contribution is -2.13. The van der Waals surface area contributed by atoms with Gasteiger partial charge in [0, 0.05) is 10.2 Å². The van der Waals surface area contributed by atoms with Crippen molar-refractivity contribution in [3.8, 4) is 0 Å². The van der Waals surface area contributed by atoms with Crippen LogP contribution in [0.5, 0.6) is 0 Å². The Kier molecular flexibility index (Phi) is 3.00. The van der Waals surface area contributed by atoms with Crippen LogP contribution in [0.15, 0.2) is 39.7 Å². The Bertz CT molecular complexity index is 570. The van der Waals surface area contributed by atoms with Gasteiger partial charge in [-0.15, -0.1) is 0 Å². The fourth-order valence-electron chi connectivity index (χ4n) is 1.18. The molecule has 0 fully saturated rings. The van der Waals surface area contributed by atoms with Crippen LogP contribution in [0.3, 0.4) is 0 Å². The zero-order valence-corrected chi connectivity index (χ0v) is 9.58. The minimum absolute atomic E-state index is 0.00176. The first kappa shape index (κ1) is 10.8.